The van der Waals surface area contributed by atoms with Gasteiger partial charge in [-0.15, -0.1) is 0 Å². The molecule has 0 fully saturated rings. The molecule has 3 N–H and O–H groups in total. The number of nitrogens with two attached hydrogens (primary N) is 1. The van der Waals surface area contributed by atoms with Gasteiger partial charge in [-0.25, -0.2) is 0 Å². The number of benzene rings is 1. The Morgan fingerprint density at radius 1 is 1.56 bits per heavy atom. The normalized spacial score (nSPS) is 14.3. The number of nitrogens with zero attached hydrogens (tertiary/aromatic N) is 1. The van der Waals surface area contributed by atoms with Gasteiger partial charge >= 0.3 is 0 Å². The third-order valence-electron chi connectivity index (χ3n) is 3.27. The van der Waals surface area contributed by atoms with E-state index >= 15 is 0 Å². The van der Waals surface area contributed by atoms with Crippen molar-refractivity contribution in [3.8, 4) is 0 Å². The highest BCUT2D eigenvalue weighted by Gasteiger charge is 2.29. The molecule has 6 heteroatoms. The molecule has 5 nitrogen and oxygen atoms in total. The molecular weight excluding hydrogens is 298 g/mol. The van der Waals surface area contributed by atoms with Crippen molar-refractivity contribution in [1.82, 2.24) is 0 Å². The number of anilines is 1. The van der Waals surface area contributed by atoms with E-state index in [1.165, 1.54) is 6.07 Å². The fraction of sp³-hybridized carbons (Fsp3) is 0.500. The highest BCUT2D eigenvalue weighted by molar-refractivity contribution is 9.10. The third-order valence-corrected chi connectivity index (χ3v) is 3.77. The van der Waals surface area contributed by atoms with Crippen molar-refractivity contribution in [2.45, 2.75) is 26.3 Å². The van der Waals surface area contributed by atoms with Gasteiger partial charge in [0.15, 0.2) is 0 Å². The largest absolute Gasteiger partial charge is 0.373 e. The molecule has 0 bridgehead atoms. The number of hydrogen-bond acceptors (Lipinski definition) is 4. The van der Waals surface area contributed by atoms with Gasteiger partial charge in [0, 0.05) is 22.6 Å². The molecule has 0 saturated heterocycles. The van der Waals surface area contributed by atoms with Crippen molar-refractivity contribution in [2.24, 2.45) is 11.7 Å². The van der Waals surface area contributed by atoms with E-state index in [2.05, 4.69) is 21.2 Å². The summed E-state index contributed by atoms with van der Waals surface area (Å²) < 4.78 is 0.790. The van der Waals surface area contributed by atoms with E-state index in [4.69, 9.17) is 5.73 Å². The Morgan fingerprint density at radius 3 is 2.61 bits per heavy atom. The Bertz CT molecular complexity index is 451. The summed E-state index contributed by atoms with van der Waals surface area (Å²) in [4.78, 5) is 10.6. The van der Waals surface area contributed by atoms with Gasteiger partial charge < -0.3 is 11.1 Å². The van der Waals surface area contributed by atoms with Crippen LogP contribution in [0.1, 0.15) is 20.8 Å². The lowest BCUT2D eigenvalue weighted by Gasteiger charge is -2.34. The molecule has 1 rings (SSSR count). The van der Waals surface area contributed by atoms with Crippen LogP contribution in [0.25, 0.3) is 0 Å². The molecule has 0 aromatic heterocycles. The molecule has 1 unspecified atom stereocenters. The topological polar surface area (TPSA) is 81.2 Å². The van der Waals surface area contributed by atoms with Crippen molar-refractivity contribution in [3.05, 3.63) is 32.8 Å². The molecule has 0 heterocycles. The first-order chi connectivity index (χ1) is 8.30. The van der Waals surface area contributed by atoms with E-state index in [9.17, 15) is 10.1 Å². The van der Waals surface area contributed by atoms with Gasteiger partial charge in [0.05, 0.1) is 4.92 Å². The zero-order valence-corrected chi connectivity index (χ0v) is 12.3. The molecule has 1 aromatic carbocycles. The Kier molecular flexibility index (Phi) is 4.70. The predicted octanol–water partition coefficient (Wildman–Crippen LogP) is 3.14. The average Bonchev–Trinajstić information content (AvgIpc) is 2.28. The number of nitro groups is 1. The summed E-state index contributed by atoms with van der Waals surface area (Å²) in [5.41, 5.74) is 5.93. The van der Waals surface area contributed by atoms with Gasteiger partial charge in [0.1, 0.15) is 5.69 Å². The van der Waals surface area contributed by atoms with Crippen molar-refractivity contribution < 1.29 is 4.92 Å². The van der Waals surface area contributed by atoms with Crippen LogP contribution in [0.3, 0.4) is 0 Å². The number of hydrogen-bond donors (Lipinski definition) is 2. The lowest BCUT2D eigenvalue weighted by molar-refractivity contribution is -0.384. The molecule has 0 amide bonds. The van der Waals surface area contributed by atoms with Gasteiger partial charge in [0.25, 0.3) is 5.69 Å². The smallest absolute Gasteiger partial charge is 0.292 e. The van der Waals surface area contributed by atoms with Crippen molar-refractivity contribution in [3.63, 3.8) is 0 Å². The van der Waals surface area contributed by atoms with E-state index in [0.29, 0.717) is 12.2 Å². The second kappa shape index (κ2) is 5.67. The Labute approximate surface area is 115 Å². The standard InChI is InChI=1S/C12H18BrN3O2/c1-8(2)12(3,7-14)15-10-6-9(13)4-5-11(10)16(17)18/h4-6,8,15H,7,14H2,1-3H3. The minimum absolute atomic E-state index is 0.0542. The van der Waals surface area contributed by atoms with Crippen LogP contribution in [0.2, 0.25) is 0 Å². The van der Waals surface area contributed by atoms with Crippen molar-refractivity contribution >= 4 is 27.3 Å². The second-order valence-electron chi connectivity index (χ2n) is 4.82. The molecule has 0 aliphatic carbocycles. The van der Waals surface area contributed by atoms with E-state index in [1.807, 2.05) is 20.8 Å². The second-order valence-corrected chi connectivity index (χ2v) is 5.74. The highest BCUT2D eigenvalue weighted by Crippen LogP contribution is 2.32. The van der Waals surface area contributed by atoms with Crippen LogP contribution in [0.15, 0.2) is 22.7 Å². The number of rotatable bonds is 5. The van der Waals surface area contributed by atoms with Crippen molar-refractivity contribution in [2.75, 3.05) is 11.9 Å². The lowest BCUT2D eigenvalue weighted by atomic mass is 9.88. The third kappa shape index (κ3) is 3.20. The summed E-state index contributed by atoms with van der Waals surface area (Å²) in [6.07, 6.45) is 0. The maximum absolute atomic E-state index is 11.0. The van der Waals surface area contributed by atoms with E-state index in [0.717, 1.165) is 4.47 Å². The van der Waals surface area contributed by atoms with Gasteiger partial charge in [0.2, 0.25) is 0 Å². The van der Waals surface area contributed by atoms with Crippen LogP contribution in [0.5, 0.6) is 0 Å². The number of nitro benzene ring substituents is 1. The Hall–Kier alpha value is -1.14. The zero-order valence-electron chi connectivity index (χ0n) is 10.7. The molecule has 18 heavy (non-hydrogen) atoms. The minimum atomic E-state index is -0.397. The molecular formula is C12H18BrN3O2. The Balaban J connectivity index is 3.16. The summed E-state index contributed by atoms with van der Waals surface area (Å²) in [7, 11) is 0. The lowest BCUT2D eigenvalue weighted by Crippen LogP contribution is -2.47. The molecule has 1 aromatic rings. The Morgan fingerprint density at radius 2 is 2.17 bits per heavy atom. The maximum atomic E-state index is 11.0. The average molecular weight is 316 g/mol. The molecule has 0 spiro atoms. The van der Waals surface area contributed by atoms with Crippen molar-refractivity contribution in [1.29, 1.82) is 0 Å². The van der Waals surface area contributed by atoms with Crippen LogP contribution in [-0.2, 0) is 0 Å². The first-order valence-corrected chi connectivity index (χ1v) is 6.51. The molecule has 0 saturated carbocycles. The van der Waals surface area contributed by atoms with Gasteiger partial charge in [-0.05, 0) is 25.0 Å². The van der Waals surface area contributed by atoms with Crippen LogP contribution in [-0.4, -0.2) is 17.0 Å². The summed E-state index contributed by atoms with van der Waals surface area (Å²) >= 11 is 3.32. The molecule has 0 aliphatic rings. The summed E-state index contributed by atoms with van der Waals surface area (Å²) in [6, 6.07) is 4.83. The van der Waals surface area contributed by atoms with E-state index in [-0.39, 0.29) is 17.1 Å². The van der Waals surface area contributed by atoms with Gasteiger partial charge in [-0.2, -0.15) is 0 Å². The van der Waals surface area contributed by atoms with Crippen LogP contribution >= 0.6 is 15.9 Å². The van der Waals surface area contributed by atoms with E-state index < -0.39 is 4.92 Å². The monoisotopic (exact) mass is 315 g/mol. The van der Waals surface area contributed by atoms with Crippen LogP contribution < -0.4 is 11.1 Å². The number of nitrogens with one attached hydrogen (secondary N) is 1. The highest BCUT2D eigenvalue weighted by atomic mass is 79.9. The fourth-order valence-corrected chi connectivity index (χ4v) is 1.87. The summed E-state index contributed by atoms with van der Waals surface area (Å²) in [5.74, 6) is 0.251. The summed E-state index contributed by atoms with van der Waals surface area (Å²) in [5, 5.41) is 14.2. The first kappa shape index (κ1) is 14.9. The molecule has 1 atom stereocenters. The van der Waals surface area contributed by atoms with Crippen LogP contribution in [0, 0.1) is 16.0 Å². The fourth-order valence-electron chi connectivity index (χ4n) is 1.51. The summed E-state index contributed by atoms with van der Waals surface area (Å²) in [6.45, 7) is 6.42. The molecule has 0 aliphatic heterocycles. The first-order valence-electron chi connectivity index (χ1n) is 5.72. The maximum Gasteiger partial charge on any atom is 0.292 e. The molecule has 100 valence electrons. The minimum Gasteiger partial charge on any atom is -0.373 e. The predicted molar refractivity (Wildman–Crippen MR) is 76.7 cm³/mol. The van der Waals surface area contributed by atoms with E-state index in [1.54, 1.807) is 12.1 Å². The van der Waals surface area contributed by atoms with Crippen LogP contribution in [0.4, 0.5) is 11.4 Å². The van der Waals surface area contributed by atoms with Gasteiger partial charge in [-0.3, -0.25) is 10.1 Å². The van der Waals surface area contributed by atoms with Gasteiger partial charge in [-0.1, -0.05) is 29.8 Å². The molecule has 0 radical (unpaired) electrons. The number of halogens is 1. The zero-order chi connectivity index (χ0) is 13.9. The quantitative estimate of drug-likeness (QED) is 0.646. The SMILES string of the molecule is CC(C)C(C)(CN)Nc1cc(Br)ccc1[N+](=O)[O-].